The number of rotatable bonds is 2. The highest BCUT2D eigenvalue weighted by Crippen LogP contribution is 1.77. The third-order valence-electron chi connectivity index (χ3n) is 0.816. The first-order valence-electron chi connectivity index (χ1n) is 2.31. The average molecular weight is 98.1 g/mol. The van der Waals surface area contributed by atoms with Gasteiger partial charge in [-0.25, -0.2) is 0 Å². The molecule has 0 radical (unpaired) electrons. The molecule has 0 atom stereocenters. The lowest BCUT2D eigenvalue weighted by atomic mass is 10.3. The highest BCUT2D eigenvalue weighted by atomic mass is 14.7. The van der Waals surface area contributed by atoms with Crippen LogP contribution in [0, 0.1) is 5.41 Å². The van der Waals surface area contributed by atoms with E-state index in [0.717, 1.165) is 12.1 Å². The van der Waals surface area contributed by atoms with Gasteiger partial charge < -0.3 is 5.41 Å². The Kier molecular flexibility index (Phi) is 3.19. The smallest absolute Gasteiger partial charge is 0.0517 e. The van der Waals surface area contributed by atoms with Crippen molar-refractivity contribution in [1.82, 2.24) is 0 Å². The van der Waals surface area contributed by atoms with Crippen LogP contribution in [0.25, 0.3) is 0 Å². The minimum Gasteiger partial charge on any atom is -0.307 e. The molecule has 0 spiro atoms. The largest absolute Gasteiger partial charge is 0.307 e. The molecule has 40 valence electrons. The molecular weight excluding hydrogens is 88.1 g/mol. The molecule has 0 bridgehead atoms. The molecule has 2 nitrogen and oxygen atoms in total. The third-order valence-corrected chi connectivity index (χ3v) is 0.816. The maximum atomic E-state index is 6.70. The molecule has 7 heavy (non-hydrogen) atoms. The van der Waals surface area contributed by atoms with Crippen LogP contribution in [0.1, 0.15) is 13.3 Å². The molecule has 0 aromatic carbocycles. The standard InChI is InChI=1S/C5H10N2/c1-3-5(4-6)7-2/h4,6H,3H2,1-2H3. The fourth-order valence-corrected chi connectivity index (χ4v) is 0.325. The van der Waals surface area contributed by atoms with E-state index in [2.05, 4.69) is 4.99 Å². The van der Waals surface area contributed by atoms with Crippen molar-refractivity contribution < 1.29 is 0 Å². The van der Waals surface area contributed by atoms with Crippen molar-refractivity contribution in [2.45, 2.75) is 13.3 Å². The van der Waals surface area contributed by atoms with Gasteiger partial charge in [0.25, 0.3) is 0 Å². The summed E-state index contributed by atoms with van der Waals surface area (Å²) in [5.74, 6) is 0. The topological polar surface area (TPSA) is 36.2 Å². The monoisotopic (exact) mass is 98.1 g/mol. The van der Waals surface area contributed by atoms with Crippen LogP contribution in [0.2, 0.25) is 0 Å². The van der Waals surface area contributed by atoms with Crippen LogP contribution in [0.4, 0.5) is 0 Å². The lowest BCUT2D eigenvalue weighted by molar-refractivity contribution is 1.27. The predicted octanol–water partition coefficient (Wildman–Crippen LogP) is 1.12. The number of nitrogens with one attached hydrogen (secondary N) is 1. The van der Waals surface area contributed by atoms with Crippen molar-refractivity contribution in [2.75, 3.05) is 7.05 Å². The Morgan fingerprint density at radius 1 is 1.86 bits per heavy atom. The van der Waals surface area contributed by atoms with Gasteiger partial charge in [-0.3, -0.25) is 4.99 Å². The van der Waals surface area contributed by atoms with E-state index in [0.29, 0.717) is 0 Å². The number of hydrogen-bond donors (Lipinski definition) is 1. The fourth-order valence-electron chi connectivity index (χ4n) is 0.325. The van der Waals surface area contributed by atoms with Gasteiger partial charge in [-0.15, -0.1) is 0 Å². The lowest BCUT2D eigenvalue weighted by Crippen LogP contribution is -1.94. The van der Waals surface area contributed by atoms with E-state index in [4.69, 9.17) is 5.41 Å². The summed E-state index contributed by atoms with van der Waals surface area (Å²) in [5.41, 5.74) is 0.847. The van der Waals surface area contributed by atoms with Gasteiger partial charge in [0.1, 0.15) is 0 Å². The van der Waals surface area contributed by atoms with E-state index < -0.39 is 0 Å². The normalized spacial score (nSPS) is 11.4. The fraction of sp³-hybridized carbons (Fsp3) is 0.600. The first-order chi connectivity index (χ1) is 3.35. The second-order valence-electron chi connectivity index (χ2n) is 1.21. The minimum atomic E-state index is 0.847. The first-order valence-corrected chi connectivity index (χ1v) is 2.31. The van der Waals surface area contributed by atoms with Crippen LogP contribution >= 0.6 is 0 Å². The van der Waals surface area contributed by atoms with Crippen molar-refractivity contribution in [3.8, 4) is 0 Å². The summed E-state index contributed by atoms with van der Waals surface area (Å²) in [6, 6.07) is 0. The molecule has 0 aromatic heterocycles. The van der Waals surface area contributed by atoms with Crippen LogP contribution < -0.4 is 0 Å². The molecule has 0 aliphatic carbocycles. The summed E-state index contributed by atoms with van der Waals surface area (Å²) in [4.78, 5) is 3.80. The Balaban J connectivity index is 3.60. The average Bonchev–Trinajstić information content (AvgIpc) is 1.72. The molecule has 0 amide bonds. The molecule has 0 heterocycles. The molecule has 0 aliphatic rings. The molecule has 0 unspecified atom stereocenters. The summed E-state index contributed by atoms with van der Waals surface area (Å²) < 4.78 is 0. The maximum absolute atomic E-state index is 6.70. The van der Waals surface area contributed by atoms with Crippen LogP contribution in [-0.4, -0.2) is 19.0 Å². The highest BCUT2D eigenvalue weighted by Gasteiger charge is 1.81. The first kappa shape index (κ1) is 6.34. The van der Waals surface area contributed by atoms with Gasteiger partial charge in [-0.05, 0) is 6.42 Å². The summed E-state index contributed by atoms with van der Waals surface area (Å²) in [7, 11) is 1.70. The molecular formula is C5H10N2. The summed E-state index contributed by atoms with van der Waals surface area (Å²) in [5, 5.41) is 6.70. The van der Waals surface area contributed by atoms with E-state index in [9.17, 15) is 0 Å². The van der Waals surface area contributed by atoms with Crippen molar-refractivity contribution in [3.63, 3.8) is 0 Å². The van der Waals surface area contributed by atoms with Gasteiger partial charge in [-0.2, -0.15) is 0 Å². The Hall–Kier alpha value is -0.660. The number of nitrogens with zero attached hydrogens (tertiary/aromatic N) is 1. The van der Waals surface area contributed by atoms with Crippen LogP contribution in [0.15, 0.2) is 4.99 Å². The van der Waals surface area contributed by atoms with E-state index in [1.165, 1.54) is 6.21 Å². The second-order valence-corrected chi connectivity index (χ2v) is 1.21. The van der Waals surface area contributed by atoms with E-state index in [1.54, 1.807) is 7.05 Å². The molecule has 0 aliphatic heterocycles. The van der Waals surface area contributed by atoms with Crippen LogP contribution in [0.5, 0.6) is 0 Å². The van der Waals surface area contributed by atoms with Gasteiger partial charge in [0.05, 0.1) is 5.71 Å². The molecule has 1 N–H and O–H groups in total. The summed E-state index contributed by atoms with van der Waals surface area (Å²) >= 11 is 0. The van der Waals surface area contributed by atoms with E-state index >= 15 is 0 Å². The molecule has 0 saturated heterocycles. The van der Waals surface area contributed by atoms with Crippen LogP contribution in [-0.2, 0) is 0 Å². The van der Waals surface area contributed by atoms with Gasteiger partial charge >= 0.3 is 0 Å². The third kappa shape index (κ3) is 2.09. The Morgan fingerprint density at radius 2 is 2.43 bits per heavy atom. The molecule has 0 rings (SSSR count). The maximum Gasteiger partial charge on any atom is 0.0517 e. The molecule has 0 aromatic rings. The van der Waals surface area contributed by atoms with Gasteiger partial charge in [0, 0.05) is 13.3 Å². The number of hydrogen-bond acceptors (Lipinski definition) is 2. The van der Waals surface area contributed by atoms with Crippen molar-refractivity contribution in [1.29, 1.82) is 5.41 Å². The van der Waals surface area contributed by atoms with E-state index in [1.807, 2.05) is 6.92 Å². The Bertz CT molecular complexity index is 84.1. The number of aliphatic imine (C=N–C) groups is 1. The Labute approximate surface area is 43.8 Å². The zero-order valence-corrected chi connectivity index (χ0v) is 4.73. The zero-order valence-electron chi connectivity index (χ0n) is 4.73. The van der Waals surface area contributed by atoms with Gasteiger partial charge in [0.2, 0.25) is 0 Å². The summed E-state index contributed by atoms with van der Waals surface area (Å²) in [6.45, 7) is 1.98. The van der Waals surface area contributed by atoms with Crippen molar-refractivity contribution in [2.24, 2.45) is 4.99 Å². The summed E-state index contributed by atoms with van der Waals surface area (Å²) in [6.07, 6.45) is 2.14. The minimum absolute atomic E-state index is 0.847. The van der Waals surface area contributed by atoms with Gasteiger partial charge in [0.15, 0.2) is 0 Å². The quantitative estimate of drug-likeness (QED) is 0.502. The van der Waals surface area contributed by atoms with Crippen molar-refractivity contribution >= 4 is 11.9 Å². The predicted molar refractivity (Wildman–Crippen MR) is 32.4 cm³/mol. The van der Waals surface area contributed by atoms with E-state index in [-0.39, 0.29) is 0 Å². The Morgan fingerprint density at radius 3 is 2.43 bits per heavy atom. The zero-order chi connectivity index (χ0) is 5.70. The lowest BCUT2D eigenvalue weighted by Gasteiger charge is -1.85. The molecule has 0 fully saturated rings. The second kappa shape index (κ2) is 3.53. The SMILES string of the molecule is CCC(C=N)=NC. The van der Waals surface area contributed by atoms with Gasteiger partial charge in [-0.1, -0.05) is 6.92 Å². The highest BCUT2D eigenvalue weighted by molar-refractivity contribution is 6.29. The van der Waals surface area contributed by atoms with Crippen LogP contribution in [0.3, 0.4) is 0 Å². The molecule has 2 heteroatoms. The van der Waals surface area contributed by atoms with Crippen molar-refractivity contribution in [3.05, 3.63) is 0 Å². The molecule has 0 saturated carbocycles.